The summed E-state index contributed by atoms with van der Waals surface area (Å²) in [5.74, 6) is 0.207. The molecule has 1 heterocycles. The first kappa shape index (κ1) is 22.9. The topological polar surface area (TPSA) is 120 Å². The minimum absolute atomic E-state index is 0.415. The second kappa shape index (κ2) is 10.6. The summed E-state index contributed by atoms with van der Waals surface area (Å²) in [6, 6.07) is 23.4. The number of benzene rings is 3. The van der Waals surface area contributed by atoms with E-state index in [1.54, 1.807) is 55.1 Å². The molecule has 0 bridgehead atoms. The molecule has 1 unspecified atom stereocenters. The standard InChI is InChI=1S/C25H21N5O3S/c1-16(33-20-12-8-17(14-26)9-13-20)23(31)29-30-24(32)19-10-6-18(7-11-19)15-34-25-27-21-4-2-3-5-22(21)28-25/h2-13,16H,15H2,1H3,(H,27,28)(H,29,31)(H,30,32). The number of amides is 2. The Kier molecular flexibility index (Phi) is 7.10. The van der Waals surface area contributed by atoms with Crippen molar-refractivity contribution in [2.45, 2.75) is 23.9 Å². The predicted octanol–water partition coefficient (Wildman–Crippen LogP) is 3.96. The SMILES string of the molecule is CC(Oc1ccc(C#N)cc1)C(=O)NNC(=O)c1ccc(CSc2nc3ccccc3[nH]2)cc1. The third kappa shape index (κ3) is 5.74. The van der Waals surface area contributed by atoms with E-state index in [4.69, 9.17) is 10.00 Å². The molecule has 0 radical (unpaired) electrons. The quantitative estimate of drug-likeness (QED) is 0.277. The predicted molar refractivity (Wildman–Crippen MR) is 129 cm³/mol. The smallest absolute Gasteiger partial charge is 0.279 e. The van der Waals surface area contributed by atoms with Crippen LogP contribution >= 0.6 is 11.8 Å². The fraction of sp³-hybridized carbons (Fsp3) is 0.120. The number of nitrogens with one attached hydrogen (secondary N) is 3. The van der Waals surface area contributed by atoms with Crippen LogP contribution in [0.15, 0.2) is 78.0 Å². The number of hydrogen-bond acceptors (Lipinski definition) is 6. The van der Waals surface area contributed by atoms with E-state index in [9.17, 15) is 9.59 Å². The van der Waals surface area contributed by atoms with Crippen molar-refractivity contribution in [2.24, 2.45) is 0 Å². The summed E-state index contributed by atoms with van der Waals surface area (Å²) >= 11 is 1.58. The van der Waals surface area contributed by atoms with Crippen molar-refractivity contribution in [2.75, 3.05) is 0 Å². The van der Waals surface area contributed by atoms with E-state index in [-0.39, 0.29) is 0 Å². The molecule has 8 nitrogen and oxygen atoms in total. The van der Waals surface area contributed by atoms with Gasteiger partial charge < -0.3 is 9.72 Å². The summed E-state index contributed by atoms with van der Waals surface area (Å²) in [6.45, 7) is 1.56. The van der Waals surface area contributed by atoms with E-state index in [0.29, 0.717) is 22.6 Å². The number of thioether (sulfide) groups is 1. The van der Waals surface area contributed by atoms with Crippen molar-refractivity contribution in [1.82, 2.24) is 20.8 Å². The van der Waals surface area contributed by atoms with Gasteiger partial charge in [0.15, 0.2) is 11.3 Å². The van der Waals surface area contributed by atoms with Gasteiger partial charge in [0.25, 0.3) is 11.8 Å². The Hall–Kier alpha value is -4.29. The van der Waals surface area contributed by atoms with Gasteiger partial charge in [-0.15, -0.1) is 0 Å². The molecule has 0 fully saturated rings. The number of imidazole rings is 1. The van der Waals surface area contributed by atoms with Crippen LogP contribution < -0.4 is 15.6 Å². The van der Waals surface area contributed by atoms with Crippen LogP contribution in [-0.4, -0.2) is 27.9 Å². The van der Waals surface area contributed by atoms with Crippen LogP contribution in [0.1, 0.15) is 28.4 Å². The number of aromatic nitrogens is 2. The molecule has 0 saturated heterocycles. The lowest BCUT2D eigenvalue weighted by molar-refractivity contribution is -0.128. The molecule has 0 aliphatic carbocycles. The van der Waals surface area contributed by atoms with Crippen molar-refractivity contribution in [1.29, 1.82) is 5.26 Å². The van der Waals surface area contributed by atoms with Gasteiger partial charge in [-0.1, -0.05) is 36.0 Å². The molecule has 4 aromatic rings. The third-order valence-corrected chi connectivity index (χ3v) is 5.87. The van der Waals surface area contributed by atoms with Crippen LogP contribution in [-0.2, 0) is 10.5 Å². The zero-order chi connectivity index (χ0) is 23.9. The minimum Gasteiger partial charge on any atom is -0.481 e. The minimum atomic E-state index is -0.842. The Morgan fingerprint density at radius 2 is 1.79 bits per heavy atom. The van der Waals surface area contributed by atoms with E-state index < -0.39 is 17.9 Å². The first-order valence-corrected chi connectivity index (χ1v) is 11.4. The Bertz CT molecular complexity index is 1310. The average molecular weight is 472 g/mol. The first-order valence-electron chi connectivity index (χ1n) is 10.5. The lowest BCUT2D eigenvalue weighted by Crippen LogP contribution is -2.47. The molecule has 4 rings (SSSR count). The van der Waals surface area contributed by atoms with Crippen molar-refractivity contribution in [3.8, 4) is 11.8 Å². The lowest BCUT2D eigenvalue weighted by atomic mass is 10.1. The number of ether oxygens (including phenoxy) is 1. The molecule has 3 N–H and O–H groups in total. The second-order valence-corrected chi connectivity index (χ2v) is 8.35. The van der Waals surface area contributed by atoms with Gasteiger partial charge >= 0.3 is 0 Å². The van der Waals surface area contributed by atoms with Crippen LogP contribution in [0.5, 0.6) is 5.75 Å². The summed E-state index contributed by atoms with van der Waals surface area (Å²) in [4.78, 5) is 32.4. The third-order valence-electron chi connectivity index (χ3n) is 4.92. The van der Waals surface area contributed by atoms with E-state index in [1.807, 2.05) is 42.5 Å². The van der Waals surface area contributed by atoms with Crippen molar-refractivity contribution in [3.05, 3.63) is 89.5 Å². The number of nitrogens with zero attached hydrogens (tertiary/aromatic N) is 2. The molecule has 9 heteroatoms. The maximum atomic E-state index is 12.4. The zero-order valence-corrected chi connectivity index (χ0v) is 19.1. The molecular weight excluding hydrogens is 450 g/mol. The molecule has 170 valence electrons. The first-order chi connectivity index (χ1) is 16.5. The number of hydrazine groups is 1. The van der Waals surface area contributed by atoms with E-state index >= 15 is 0 Å². The van der Waals surface area contributed by atoms with E-state index in [2.05, 4.69) is 20.8 Å². The van der Waals surface area contributed by atoms with Gasteiger partial charge in [0.1, 0.15) is 5.75 Å². The Labute approximate surface area is 200 Å². The number of fused-ring (bicyclic) bond motifs is 1. The van der Waals surface area contributed by atoms with Crippen LogP contribution in [0.4, 0.5) is 0 Å². The highest BCUT2D eigenvalue weighted by Gasteiger charge is 2.16. The maximum Gasteiger partial charge on any atom is 0.279 e. The maximum absolute atomic E-state index is 12.4. The Morgan fingerprint density at radius 3 is 2.50 bits per heavy atom. The van der Waals surface area contributed by atoms with Crippen LogP contribution in [0.3, 0.4) is 0 Å². The number of para-hydroxylation sites is 2. The number of aromatic amines is 1. The van der Waals surface area contributed by atoms with Gasteiger partial charge in [0, 0.05) is 11.3 Å². The van der Waals surface area contributed by atoms with Crippen molar-refractivity contribution >= 4 is 34.6 Å². The summed E-state index contributed by atoms with van der Waals surface area (Å²) in [5.41, 5.74) is 8.63. The van der Waals surface area contributed by atoms with Gasteiger partial charge in [-0.25, -0.2) is 4.98 Å². The highest BCUT2D eigenvalue weighted by Crippen LogP contribution is 2.23. The average Bonchev–Trinajstić information content (AvgIpc) is 3.29. The van der Waals surface area contributed by atoms with E-state index in [0.717, 1.165) is 21.8 Å². The number of hydrogen-bond donors (Lipinski definition) is 3. The molecule has 1 aromatic heterocycles. The number of carbonyl (C=O) groups is 2. The largest absolute Gasteiger partial charge is 0.481 e. The van der Waals surface area contributed by atoms with E-state index in [1.165, 1.54) is 0 Å². The van der Waals surface area contributed by atoms with Crippen LogP contribution in [0.25, 0.3) is 11.0 Å². The fourth-order valence-electron chi connectivity index (χ4n) is 3.06. The second-order valence-electron chi connectivity index (χ2n) is 7.38. The molecule has 3 aromatic carbocycles. The number of nitriles is 1. The monoisotopic (exact) mass is 471 g/mol. The summed E-state index contributed by atoms with van der Waals surface area (Å²) in [7, 11) is 0. The molecule has 34 heavy (non-hydrogen) atoms. The highest BCUT2D eigenvalue weighted by atomic mass is 32.2. The zero-order valence-electron chi connectivity index (χ0n) is 18.2. The molecule has 1 atom stereocenters. The fourth-order valence-corrected chi connectivity index (χ4v) is 3.90. The molecule has 0 saturated carbocycles. The summed E-state index contributed by atoms with van der Waals surface area (Å²) in [6.07, 6.45) is -0.842. The van der Waals surface area contributed by atoms with Gasteiger partial charge in [-0.2, -0.15) is 5.26 Å². The van der Waals surface area contributed by atoms with Gasteiger partial charge in [-0.05, 0) is 61.0 Å². The molecule has 0 spiro atoms. The number of H-pyrrole nitrogens is 1. The molecule has 0 aliphatic rings. The molecule has 2 amide bonds. The van der Waals surface area contributed by atoms with Gasteiger partial charge in [0.2, 0.25) is 0 Å². The van der Waals surface area contributed by atoms with Gasteiger partial charge in [-0.3, -0.25) is 20.4 Å². The van der Waals surface area contributed by atoms with Gasteiger partial charge in [0.05, 0.1) is 22.7 Å². The normalized spacial score (nSPS) is 11.4. The summed E-state index contributed by atoms with van der Waals surface area (Å²) in [5, 5.41) is 9.66. The van der Waals surface area contributed by atoms with Crippen LogP contribution in [0, 0.1) is 11.3 Å². The number of rotatable bonds is 7. The lowest BCUT2D eigenvalue weighted by Gasteiger charge is -2.15. The van der Waals surface area contributed by atoms with Crippen LogP contribution in [0.2, 0.25) is 0 Å². The Morgan fingerprint density at radius 1 is 1.06 bits per heavy atom. The molecule has 0 aliphatic heterocycles. The highest BCUT2D eigenvalue weighted by molar-refractivity contribution is 7.98. The summed E-state index contributed by atoms with van der Waals surface area (Å²) < 4.78 is 5.53. The van der Waals surface area contributed by atoms with Crippen molar-refractivity contribution in [3.63, 3.8) is 0 Å². The molecular formula is C25H21N5O3S. The van der Waals surface area contributed by atoms with Crippen molar-refractivity contribution < 1.29 is 14.3 Å². The number of carbonyl (C=O) groups excluding carboxylic acids is 2. The Balaban J connectivity index is 1.24.